The van der Waals surface area contributed by atoms with Crippen LogP contribution in [0.1, 0.15) is 0 Å². The summed E-state index contributed by atoms with van der Waals surface area (Å²) in [5.41, 5.74) is 10.8. The molecule has 0 bridgehead atoms. The van der Waals surface area contributed by atoms with Gasteiger partial charge in [0.25, 0.3) is 0 Å². The van der Waals surface area contributed by atoms with E-state index < -0.39 is 0 Å². The first-order valence-electron chi connectivity index (χ1n) is 14.4. The van der Waals surface area contributed by atoms with Crippen molar-refractivity contribution in [2.75, 3.05) is 0 Å². The molecule has 2 heteroatoms. The third kappa shape index (κ3) is 3.27. The van der Waals surface area contributed by atoms with Crippen LogP contribution in [0.15, 0.2) is 152 Å². The maximum absolute atomic E-state index is 6.41. The van der Waals surface area contributed by atoms with Crippen molar-refractivity contribution in [3.05, 3.63) is 152 Å². The summed E-state index contributed by atoms with van der Waals surface area (Å²) in [5.74, 6) is 1.82. The summed E-state index contributed by atoms with van der Waals surface area (Å²) in [7, 11) is 0. The molecule has 0 saturated carbocycles. The Labute approximate surface area is 243 Å². The highest BCUT2D eigenvalue weighted by molar-refractivity contribution is 6.16. The van der Waals surface area contributed by atoms with Gasteiger partial charge >= 0.3 is 0 Å². The van der Waals surface area contributed by atoms with Crippen LogP contribution >= 0.6 is 0 Å². The number of hydrogen-bond donors (Lipinski definition) is 0. The fourth-order valence-corrected chi connectivity index (χ4v) is 6.85. The Morgan fingerprint density at radius 2 is 0.976 bits per heavy atom. The number of para-hydroxylation sites is 4. The molecule has 1 aromatic heterocycles. The van der Waals surface area contributed by atoms with Crippen molar-refractivity contribution in [1.29, 1.82) is 0 Å². The Morgan fingerprint density at radius 3 is 1.83 bits per heavy atom. The Bertz CT molecular complexity index is 2330. The van der Waals surface area contributed by atoms with Crippen molar-refractivity contribution in [2.45, 2.75) is 0 Å². The van der Waals surface area contributed by atoms with Crippen LogP contribution in [0.2, 0.25) is 0 Å². The lowest BCUT2D eigenvalue weighted by molar-refractivity contribution is 0.487. The molecule has 0 aliphatic carbocycles. The van der Waals surface area contributed by atoms with Crippen LogP contribution < -0.4 is 4.74 Å². The van der Waals surface area contributed by atoms with E-state index in [9.17, 15) is 0 Å². The zero-order valence-corrected chi connectivity index (χ0v) is 22.8. The van der Waals surface area contributed by atoms with Gasteiger partial charge in [0.05, 0.1) is 11.0 Å². The molecule has 0 amide bonds. The largest absolute Gasteiger partial charge is 0.456 e. The molecular formula is C40H25NO. The van der Waals surface area contributed by atoms with Gasteiger partial charge in [-0.1, -0.05) is 121 Å². The second-order valence-electron chi connectivity index (χ2n) is 10.9. The van der Waals surface area contributed by atoms with Gasteiger partial charge in [-0.25, -0.2) is 0 Å². The van der Waals surface area contributed by atoms with Crippen molar-refractivity contribution in [2.24, 2.45) is 0 Å². The Hall–Kier alpha value is -5.60. The van der Waals surface area contributed by atoms with Crippen LogP contribution in [0.5, 0.6) is 11.5 Å². The average Bonchev–Trinajstić information content (AvgIpc) is 3.40. The van der Waals surface area contributed by atoms with Gasteiger partial charge in [-0.05, 0) is 58.0 Å². The van der Waals surface area contributed by atoms with E-state index in [1.54, 1.807) is 0 Å². The summed E-state index contributed by atoms with van der Waals surface area (Å²) in [6, 6.07) is 54.2. The van der Waals surface area contributed by atoms with Gasteiger partial charge in [-0.15, -0.1) is 0 Å². The second kappa shape index (κ2) is 8.95. The average molecular weight is 536 g/mol. The van der Waals surface area contributed by atoms with E-state index in [1.807, 2.05) is 12.1 Å². The third-order valence-corrected chi connectivity index (χ3v) is 8.62. The number of aromatic nitrogens is 1. The smallest absolute Gasteiger partial charge is 0.135 e. The highest BCUT2D eigenvalue weighted by Crippen LogP contribution is 2.50. The predicted molar refractivity (Wildman–Crippen MR) is 175 cm³/mol. The SMILES string of the molecule is c1ccc(-n2c3ccccc3c3cccc(-c4ccccc4-c4ccc5c6c(cccc46)-c4ccccc4O5)c32)cc1. The molecule has 0 spiro atoms. The molecule has 1 aliphatic rings. The number of ether oxygens (including phenoxy) is 1. The topological polar surface area (TPSA) is 14.2 Å². The zero-order chi connectivity index (χ0) is 27.6. The monoisotopic (exact) mass is 535 g/mol. The maximum atomic E-state index is 6.41. The molecule has 2 nitrogen and oxygen atoms in total. The summed E-state index contributed by atoms with van der Waals surface area (Å²) in [5, 5.41) is 4.87. The number of nitrogens with zero attached hydrogens (tertiary/aromatic N) is 1. The Morgan fingerprint density at radius 1 is 0.357 bits per heavy atom. The van der Waals surface area contributed by atoms with Crippen LogP contribution in [-0.4, -0.2) is 4.57 Å². The molecule has 0 atom stereocenters. The fraction of sp³-hybridized carbons (Fsp3) is 0. The third-order valence-electron chi connectivity index (χ3n) is 8.62. The molecule has 1 aliphatic heterocycles. The van der Waals surface area contributed by atoms with Crippen LogP contribution in [0.3, 0.4) is 0 Å². The molecule has 0 radical (unpaired) electrons. The van der Waals surface area contributed by atoms with Crippen LogP contribution in [0.25, 0.3) is 71.6 Å². The van der Waals surface area contributed by atoms with Gasteiger partial charge in [0, 0.05) is 33.0 Å². The molecule has 196 valence electrons. The summed E-state index contributed by atoms with van der Waals surface area (Å²) in [4.78, 5) is 0. The summed E-state index contributed by atoms with van der Waals surface area (Å²) < 4.78 is 8.82. The zero-order valence-electron chi connectivity index (χ0n) is 22.8. The van der Waals surface area contributed by atoms with Crippen molar-refractivity contribution in [1.82, 2.24) is 4.57 Å². The normalized spacial score (nSPS) is 12.0. The van der Waals surface area contributed by atoms with Gasteiger partial charge in [0.2, 0.25) is 0 Å². The van der Waals surface area contributed by atoms with E-state index in [4.69, 9.17) is 4.74 Å². The molecule has 7 aromatic carbocycles. The van der Waals surface area contributed by atoms with Crippen molar-refractivity contribution >= 4 is 32.6 Å². The second-order valence-corrected chi connectivity index (χ2v) is 10.9. The van der Waals surface area contributed by atoms with Crippen molar-refractivity contribution < 1.29 is 4.74 Å². The molecule has 8 aromatic rings. The Balaban J connectivity index is 1.35. The standard InChI is InChI=1S/C40H25NO/c1-2-12-26(13-3-1)41-36-22-8-6-16-30(36)35-21-11-20-34(40(35)41)28-15-5-4-14-27(28)29-24-25-38-39-32(29)18-10-19-33(39)31-17-7-9-23-37(31)42-38/h1-25H. The maximum Gasteiger partial charge on any atom is 0.135 e. The van der Waals surface area contributed by atoms with Crippen LogP contribution in [0, 0.1) is 0 Å². The van der Waals surface area contributed by atoms with E-state index >= 15 is 0 Å². The summed E-state index contributed by atoms with van der Waals surface area (Å²) >= 11 is 0. The van der Waals surface area contributed by atoms with E-state index in [0.717, 1.165) is 22.7 Å². The van der Waals surface area contributed by atoms with Gasteiger partial charge in [-0.3, -0.25) is 0 Å². The molecule has 0 unspecified atom stereocenters. The lowest BCUT2D eigenvalue weighted by atomic mass is 9.87. The summed E-state index contributed by atoms with van der Waals surface area (Å²) in [6.45, 7) is 0. The highest BCUT2D eigenvalue weighted by Gasteiger charge is 2.23. The van der Waals surface area contributed by atoms with Crippen LogP contribution in [0.4, 0.5) is 0 Å². The first-order chi connectivity index (χ1) is 20.9. The van der Waals surface area contributed by atoms with E-state index in [1.165, 1.54) is 60.4 Å². The first-order valence-corrected chi connectivity index (χ1v) is 14.4. The minimum absolute atomic E-state index is 0.908. The van der Waals surface area contributed by atoms with E-state index in [0.29, 0.717) is 0 Å². The highest BCUT2D eigenvalue weighted by atomic mass is 16.5. The molecular weight excluding hydrogens is 510 g/mol. The number of benzene rings is 7. The lowest BCUT2D eigenvalue weighted by Gasteiger charge is -2.23. The molecule has 2 heterocycles. The predicted octanol–water partition coefficient (Wildman–Crippen LogP) is 11.0. The number of fused-ring (bicyclic) bond motifs is 5. The van der Waals surface area contributed by atoms with Gasteiger partial charge < -0.3 is 9.30 Å². The van der Waals surface area contributed by atoms with Crippen molar-refractivity contribution in [3.63, 3.8) is 0 Å². The fourth-order valence-electron chi connectivity index (χ4n) is 6.85. The van der Waals surface area contributed by atoms with Crippen molar-refractivity contribution in [3.8, 4) is 50.6 Å². The van der Waals surface area contributed by atoms with Gasteiger partial charge in [0.1, 0.15) is 11.5 Å². The summed E-state index contributed by atoms with van der Waals surface area (Å²) in [6.07, 6.45) is 0. The molecule has 0 saturated heterocycles. The van der Waals surface area contributed by atoms with Gasteiger partial charge in [0.15, 0.2) is 0 Å². The quantitative estimate of drug-likeness (QED) is 0.219. The minimum Gasteiger partial charge on any atom is -0.456 e. The van der Waals surface area contributed by atoms with E-state index in [-0.39, 0.29) is 0 Å². The van der Waals surface area contributed by atoms with Gasteiger partial charge in [-0.2, -0.15) is 0 Å². The molecule has 0 fully saturated rings. The Kier molecular flexibility index (Phi) is 4.93. The molecule has 42 heavy (non-hydrogen) atoms. The lowest BCUT2D eigenvalue weighted by Crippen LogP contribution is -1.98. The van der Waals surface area contributed by atoms with Crippen LogP contribution in [-0.2, 0) is 0 Å². The number of rotatable bonds is 3. The minimum atomic E-state index is 0.908. The molecule has 9 rings (SSSR count). The first kappa shape index (κ1) is 23.1. The molecule has 0 N–H and O–H groups in total. The van der Waals surface area contributed by atoms with E-state index in [2.05, 4.69) is 144 Å². The number of hydrogen-bond acceptors (Lipinski definition) is 1.